The van der Waals surface area contributed by atoms with Crippen molar-refractivity contribution in [2.45, 2.75) is 58.2 Å². The van der Waals surface area contributed by atoms with E-state index in [1.165, 1.54) is 17.4 Å². The van der Waals surface area contributed by atoms with Gasteiger partial charge in [-0.2, -0.15) is 0 Å². The Morgan fingerprint density at radius 1 is 1.06 bits per heavy atom. The van der Waals surface area contributed by atoms with Crippen LogP contribution in [0.5, 0.6) is 5.75 Å². The summed E-state index contributed by atoms with van der Waals surface area (Å²) in [6.45, 7) is 4.05. The van der Waals surface area contributed by atoms with Crippen molar-refractivity contribution in [1.29, 1.82) is 0 Å². The number of urea groups is 1. The van der Waals surface area contributed by atoms with Gasteiger partial charge in [-0.1, -0.05) is 37.1 Å². The number of benzene rings is 2. The van der Waals surface area contributed by atoms with Crippen LogP contribution in [0.15, 0.2) is 47.8 Å². The molecule has 1 fully saturated rings. The van der Waals surface area contributed by atoms with Gasteiger partial charge in [-0.15, -0.1) is 11.3 Å². The van der Waals surface area contributed by atoms with Crippen LogP contribution in [-0.4, -0.2) is 29.0 Å². The van der Waals surface area contributed by atoms with Crippen molar-refractivity contribution in [2.24, 2.45) is 0 Å². The minimum absolute atomic E-state index is 0.0744. The van der Waals surface area contributed by atoms with Gasteiger partial charge in [0.1, 0.15) is 17.3 Å². The number of anilines is 1. The molecule has 3 aromatic rings. The molecule has 1 saturated carbocycles. The van der Waals surface area contributed by atoms with E-state index in [1.807, 2.05) is 32.0 Å². The van der Waals surface area contributed by atoms with E-state index in [0.29, 0.717) is 5.01 Å². The maximum absolute atomic E-state index is 13.7. The van der Waals surface area contributed by atoms with E-state index in [0.717, 1.165) is 42.5 Å². The number of nitrogens with zero attached hydrogens (tertiary/aromatic N) is 1. The topological polar surface area (TPSA) is 92.4 Å². The van der Waals surface area contributed by atoms with Gasteiger partial charge in [-0.3, -0.25) is 4.79 Å². The van der Waals surface area contributed by atoms with Crippen LogP contribution in [0.3, 0.4) is 0 Å². The van der Waals surface area contributed by atoms with Crippen LogP contribution in [0.4, 0.5) is 14.9 Å². The van der Waals surface area contributed by atoms with Crippen molar-refractivity contribution >= 4 is 29.0 Å². The molecule has 0 saturated heterocycles. The molecule has 0 unspecified atom stereocenters. The molecule has 0 bridgehead atoms. The summed E-state index contributed by atoms with van der Waals surface area (Å²) in [7, 11) is 0. The van der Waals surface area contributed by atoms with Gasteiger partial charge >= 0.3 is 6.03 Å². The number of halogens is 1. The third kappa shape index (κ3) is 6.36. The highest BCUT2D eigenvalue weighted by Gasteiger charge is 2.29. The normalized spacial score (nSPS) is 17.5. The zero-order chi connectivity index (χ0) is 24.8. The maximum atomic E-state index is 13.7. The number of nitrogens with one attached hydrogen (secondary N) is 3. The molecule has 184 valence electrons. The van der Waals surface area contributed by atoms with Gasteiger partial charge in [-0.25, -0.2) is 14.2 Å². The maximum Gasteiger partial charge on any atom is 0.319 e. The minimum atomic E-state index is -0.445. The van der Waals surface area contributed by atoms with Crippen LogP contribution in [0, 0.1) is 19.7 Å². The fourth-order valence-corrected chi connectivity index (χ4v) is 4.80. The molecule has 1 aromatic heterocycles. The lowest BCUT2D eigenvalue weighted by molar-refractivity contribution is 0.0911. The molecule has 4 rings (SSSR count). The molecule has 35 heavy (non-hydrogen) atoms. The molecule has 0 spiro atoms. The molecule has 3 amide bonds. The number of ether oxygens (including phenoxy) is 1. The van der Waals surface area contributed by atoms with Crippen molar-refractivity contribution in [3.8, 4) is 5.75 Å². The highest BCUT2D eigenvalue weighted by Crippen LogP contribution is 2.22. The van der Waals surface area contributed by atoms with Crippen molar-refractivity contribution in [2.75, 3.05) is 5.32 Å². The van der Waals surface area contributed by atoms with Crippen LogP contribution in [-0.2, 0) is 6.61 Å². The Morgan fingerprint density at radius 2 is 1.80 bits per heavy atom. The number of hydrogen-bond donors (Lipinski definition) is 3. The Kier molecular flexibility index (Phi) is 7.97. The monoisotopic (exact) mass is 496 g/mol. The van der Waals surface area contributed by atoms with Crippen LogP contribution in [0.1, 0.15) is 52.3 Å². The summed E-state index contributed by atoms with van der Waals surface area (Å²) in [5.74, 6) is -0.601. The first kappa shape index (κ1) is 24.7. The number of thiazole rings is 1. The average Bonchev–Trinajstić information content (AvgIpc) is 3.32. The average molecular weight is 497 g/mol. The van der Waals surface area contributed by atoms with Gasteiger partial charge < -0.3 is 20.7 Å². The highest BCUT2D eigenvalue weighted by atomic mass is 32.1. The molecule has 1 aliphatic carbocycles. The van der Waals surface area contributed by atoms with Crippen molar-refractivity contribution in [3.05, 3.63) is 75.5 Å². The summed E-state index contributed by atoms with van der Waals surface area (Å²) >= 11 is 1.28. The highest BCUT2D eigenvalue weighted by molar-refractivity contribution is 7.09. The molecule has 1 aliphatic rings. The summed E-state index contributed by atoms with van der Waals surface area (Å²) < 4.78 is 19.2. The van der Waals surface area contributed by atoms with Gasteiger partial charge in [-0.05, 0) is 56.0 Å². The number of hydrogen-bond acceptors (Lipinski definition) is 5. The second-order valence-electron chi connectivity index (χ2n) is 8.66. The Labute approximate surface area is 208 Å². The molecular weight excluding hydrogens is 467 g/mol. The van der Waals surface area contributed by atoms with Crippen LogP contribution in [0.2, 0.25) is 0 Å². The fraction of sp³-hybridized carbons (Fsp3) is 0.346. The first-order chi connectivity index (χ1) is 16.9. The van der Waals surface area contributed by atoms with Gasteiger partial charge in [0.05, 0.1) is 6.04 Å². The summed E-state index contributed by atoms with van der Waals surface area (Å²) in [5.41, 5.74) is 3.18. The van der Waals surface area contributed by atoms with E-state index in [9.17, 15) is 14.0 Å². The predicted molar refractivity (Wildman–Crippen MR) is 134 cm³/mol. The van der Waals surface area contributed by atoms with Crippen LogP contribution in [0.25, 0.3) is 0 Å². The molecule has 0 radical (unpaired) electrons. The number of carbonyl (C=O) groups excluding carboxylic acids is 2. The van der Waals surface area contributed by atoms with E-state index in [4.69, 9.17) is 4.74 Å². The quantitative estimate of drug-likeness (QED) is 0.412. The standard InChI is InChI=1S/C26H29FN4O3S/c1-16-8-7-12-19(17(16)2)30-26(33)31-21-11-5-4-10-20(21)29-25(32)22-15-35-24(28-22)14-34-23-13-6-3-9-18(23)27/h3,6-9,12-13,15,20-21H,4-5,10-11,14H2,1-2H3,(H,29,32)(H2,30,31,33)/t20-,21+/m1/s1. The third-order valence-electron chi connectivity index (χ3n) is 6.22. The lowest BCUT2D eigenvalue weighted by atomic mass is 9.90. The van der Waals surface area contributed by atoms with Gasteiger partial charge in [0.25, 0.3) is 5.91 Å². The molecule has 7 nitrogen and oxygen atoms in total. The van der Waals surface area contributed by atoms with E-state index in [-0.39, 0.29) is 42.1 Å². The predicted octanol–water partition coefficient (Wildman–Crippen LogP) is 5.34. The molecule has 9 heteroatoms. The van der Waals surface area contributed by atoms with E-state index < -0.39 is 5.82 Å². The second-order valence-corrected chi connectivity index (χ2v) is 9.61. The lowest BCUT2D eigenvalue weighted by Crippen LogP contribution is -2.54. The number of carbonyl (C=O) groups is 2. The number of rotatable bonds is 7. The van der Waals surface area contributed by atoms with Crippen molar-refractivity contribution in [1.82, 2.24) is 15.6 Å². The molecule has 2 aromatic carbocycles. The lowest BCUT2D eigenvalue weighted by Gasteiger charge is -2.32. The van der Waals surface area contributed by atoms with Gasteiger partial charge in [0, 0.05) is 17.1 Å². The summed E-state index contributed by atoms with van der Waals surface area (Å²) in [5, 5.41) is 11.2. The first-order valence-corrected chi connectivity index (χ1v) is 12.5. The SMILES string of the molecule is Cc1cccc(NC(=O)N[C@H]2CCCC[C@H]2NC(=O)c2csc(COc3ccccc3F)n2)c1C. The smallest absolute Gasteiger partial charge is 0.319 e. The van der Waals surface area contributed by atoms with Crippen LogP contribution >= 0.6 is 11.3 Å². The molecule has 1 heterocycles. The molecular formula is C26H29FN4O3S. The van der Waals surface area contributed by atoms with Crippen molar-refractivity contribution in [3.63, 3.8) is 0 Å². The van der Waals surface area contributed by atoms with Gasteiger partial charge in [0.15, 0.2) is 11.6 Å². The van der Waals surface area contributed by atoms with E-state index >= 15 is 0 Å². The largest absolute Gasteiger partial charge is 0.483 e. The van der Waals surface area contributed by atoms with Crippen molar-refractivity contribution < 1.29 is 18.7 Å². The van der Waals surface area contributed by atoms with E-state index in [1.54, 1.807) is 23.6 Å². The third-order valence-corrected chi connectivity index (χ3v) is 7.05. The number of aryl methyl sites for hydroxylation is 1. The number of amides is 3. The minimum Gasteiger partial charge on any atom is -0.483 e. The van der Waals surface area contributed by atoms with Crippen LogP contribution < -0.4 is 20.7 Å². The first-order valence-electron chi connectivity index (χ1n) is 11.7. The Balaban J connectivity index is 1.33. The number of para-hydroxylation sites is 1. The summed E-state index contributed by atoms with van der Waals surface area (Å²) in [6, 6.07) is 11.3. The van der Waals surface area contributed by atoms with E-state index in [2.05, 4.69) is 20.9 Å². The second kappa shape index (κ2) is 11.3. The fourth-order valence-electron chi connectivity index (χ4n) is 4.11. The molecule has 2 atom stereocenters. The zero-order valence-electron chi connectivity index (χ0n) is 19.8. The zero-order valence-corrected chi connectivity index (χ0v) is 20.6. The summed E-state index contributed by atoms with van der Waals surface area (Å²) in [6.07, 6.45) is 3.51. The Hall–Kier alpha value is -3.46. The molecule has 3 N–H and O–H groups in total. The Morgan fingerprint density at radius 3 is 2.57 bits per heavy atom. The summed E-state index contributed by atoms with van der Waals surface area (Å²) in [4.78, 5) is 29.9. The van der Waals surface area contributed by atoms with Gasteiger partial charge in [0.2, 0.25) is 0 Å². The molecule has 0 aliphatic heterocycles. The Bertz CT molecular complexity index is 1200. The number of aromatic nitrogens is 1.